The fourth-order valence-corrected chi connectivity index (χ4v) is 3.53. The number of carbonyl (C=O) groups excluding carboxylic acids is 2. The van der Waals surface area contributed by atoms with Crippen LogP contribution in [0.2, 0.25) is 0 Å². The minimum atomic E-state index is -0.811. The molecule has 0 radical (unpaired) electrons. The second kappa shape index (κ2) is 7.88. The highest BCUT2D eigenvalue weighted by molar-refractivity contribution is 6.10. The average molecular weight is 438 g/mol. The van der Waals surface area contributed by atoms with E-state index in [1.807, 2.05) is 0 Å². The van der Waals surface area contributed by atoms with Crippen LogP contribution in [0.3, 0.4) is 0 Å². The monoisotopic (exact) mass is 438 g/mol. The Morgan fingerprint density at radius 1 is 1.12 bits per heavy atom. The summed E-state index contributed by atoms with van der Waals surface area (Å²) in [4.78, 5) is 29.8. The van der Waals surface area contributed by atoms with Gasteiger partial charge in [0.1, 0.15) is 17.5 Å². The number of amides is 2. The van der Waals surface area contributed by atoms with Gasteiger partial charge in [-0.1, -0.05) is 6.07 Å². The number of aromatic nitrogens is 3. The fourth-order valence-electron chi connectivity index (χ4n) is 3.53. The van der Waals surface area contributed by atoms with E-state index in [1.54, 1.807) is 36.1 Å². The number of hydrogen-bond acceptors (Lipinski definition) is 5. The molecule has 0 bridgehead atoms. The maximum atomic E-state index is 14.3. The third-order valence-electron chi connectivity index (χ3n) is 5.34. The average Bonchev–Trinajstić information content (AvgIpc) is 3.14. The number of hydrazine groups is 1. The van der Waals surface area contributed by atoms with E-state index < -0.39 is 23.4 Å². The number of rotatable bonds is 3. The van der Waals surface area contributed by atoms with Crippen molar-refractivity contribution in [2.75, 3.05) is 12.8 Å². The van der Waals surface area contributed by atoms with Crippen LogP contribution in [-0.2, 0) is 18.4 Å². The maximum absolute atomic E-state index is 14.3. The minimum absolute atomic E-state index is 0.0668. The van der Waals surface area contributed by atoms with Crippen molar-refractivity contribution in [2.24, 2.45) is 7.05 Å². The van der Waals surface area contributed by atoms with E-state index in [0.29, 0.717) is 27.6 Å². The first-order chi connectivity index (χ1) is 15.2. The van der Waals surface area contributed by atoms with Crippen LogP contribution in [0, 0.1) is 11.6 Å². The summed E-state index contributed by atoms with van der Waals surface area (Å²) in [6, 6.07) is 7.91. The first-order valence-corrected chi connectivity index (χ1v) is 9.68. The van der Waals surface area contributed by atoms with Crippen LogP contribution in [-0.4, -0.2) is 43.6 Å². The number of nitrogens with zero attached hydrogens (tertiary/aromatic N) is 5. The number of anilines is 1. The molecule has 2 aromatic heterocycles. The maximum Gasteiger partial charge on any atom is 0.272 e. The van der Waals surface area contributed by atoms with Gasteiger partial charge in [-0.25, -0.2) is 18.8 Å². The van der Waals surface area contributed by atoms with Crippen molar-refractivity contribution >= 4 is 39.4 Å². The normalized spacial score (nSPS) is 11.2. The van der Waals surface area contributed by atoms with Gasteiger partial charge in [-0.05, 0) is 24.3 Å². The van der Waals surface area contributed by atoms with Gasteiger partial charge in [0.15, 0.2) is 0 Å². The Bertz CT molecular complexity index is 1380. The molecule has 2 N–H and O–H groups in total. The van der Waals surface area contributed by atoms with E-state index in [-0.39, 0.29) is 17.7 Å². The number of benzene rings is 2. The Hall–Kier alpha value is -4.08. The molecule has 0 aliphatic rings. The van der Waals surface area contributed by atoms with E-state index in [0.717, 1.165) is 22.2 Å². The summed E-state index contributed by atoms with van der Waals surface area (Å²) < 4.78 is 29.2. The van der Waals surface area contributed by atoms with Gasteiger partial charge in [-0.3, -0.25) is 19.3 Å². The number of pyridine rings is 1. The molecule has 0 spiro atoms. The summed E-state index contributed by atoms with van der Waals surface area (Å²) in [6.45, 7) is 1.02. The standard InChI is InChI=1S/C22H20F2N6O2/c1-12(31)29(3)30(11-14-4-6-15(23)9-18(14)24)22(32)13-5-7-19-16(8-13)20-17(21(25)27-19)10-26-28(20)2/h4-10H,11H2,1-3H3,(H2,25,27). The molecular weight excluding hydrogens is 418 g/mol. The Labute approximate surface area is 181 Å². The van der Waals surface area contributed by atoms with Crippen LogP contribution in [0.5, 0.6) is 0 Å². The first kappa shape index (κ1) is 21.2. The molecule has 0 unspecified atom stereocenters. The third kappa shape index (κ3) is 3.59. The molecule has 4 aromatic rings. The number of hydrogen-bond donors (Lipinski definition) is 1. The molecule has 0 aliphatic carbocycles. The zero-order chi connectivity index (χ0) is 23.2. The molecule has 0 saturated heterocycles. The van der Waals surface area contributed by atoms with E-state index in [2.05, 4.69) is 10.1 Å². The lowest BCUT2D eigenvalue weighted by Crippen LogP contribution is -2.46. The smallest absolute Gasteiger partial charge is 0.272 e. The zero-order valence-corrected chi connectivity index (χ0v) is 17.6. The highest BCUT2D eigenvalue weighted by Crippen LogP contribution is 2.28. The van der Waals surface area contributed by atoms with Crippen LogP contribution in [0.25, 0.3) is 21.8 Å². The van der Waals surface area contributed by atoms with Crippen molar-refractivity contribution in [3.8, 4) is 0 Å². The Morgan fingerprint density at radius 3 is 2.56 bits per heavy atom. The molecule has 0 aliphatic heterocycles. The van der Waals surface area contributed by atoms with E-state index in [4.69, 9.17) is 5.73 Å². The molecule has 2 amide bonds. The van der Waals surface area contributed by atoms with Crippen molar-refractivity contribution in [3.63, 3.8) is 0 Å². The van der Waals surface area contributed by atoms with Gasteiger partial charge in [0.25, 0.3) is 5.91 Å². The lowest BCUT2D eigenvalue weighted by molar-refractivity contribution is -0.140. The van der Waals surface area contributed by atoms with Gasteiger partial charge >= 0.3 is 0 Å². The number of carbonyl (C=O) groups is 2. The van der Waals surface area contributed by atoms with E-state index >= 15 is 0 Å². The van der Waals surface area contributed by atoms with Gasteiger partial charge in [0.05, 0.1) is 29.2 Å². The molecule has 8 nitrogen and oxygen atoms in total. The molecule has 164 valence electrons. The van der Waals surface area contributed by atoms with Crippen LogP contribution in [0.4, 0.5) is 14.6 Å². The van der Waals surface area contributed by atoms with E-state index in [9.17, 15) is 18.4 Å². The molecule has 2 aromatic carbocycles. The topological polar surface area (TPSA) is 97.3 Å². The highest BCUT2D eigenvalue weighted by Gasteiger charge is 2.24. The van der Waals surface area contributed by atoms with Gasteiger partial charge in [-0.2, -0.15) is 5.10 Å². The molecule has 10 heteroatoms. The van der Waals surface area contributed by atoms with Crippen molar-refractivity contribution in [2.45, 2.75) is 13.5 Å². The minimum Gasteiger partial charge on any atom is -0.383 e. The number of aryl methyl sites for hydroxylation is 1. The Morgan fingerprint density at radius 2 is 1.88 bits per heavy atom. The molecule has 2 heterocycles. The molecule has 4 rings (SSSR count). The summed E-state index contributed by atoms with van der Waals surface area (Å²) in [5, 5.41) is 7.71. The SMILES string of the molecule is CC(=O)N(C)N(Cc1ccc(F)cc1F)C(=O)c1ccc2nc(N)c3cnn(C)c3c2c1. The fraction of sp³-hybridized carbons (Fsp3) is 0.182. The van der Waals surface area contributed by atoms with Gasteiger partial charge in [0.2, 0.25) is 5.91 Å². The van der Waals surface area contributed by atoms with Crippen LogP contribution in [0.1, 0.15) is 22.8 Å². The number of halogens is 2. The first-order valence-electron chi connectivity index (χ1n) is 9.68. The second-order valence-corrected chi connectivity index (χ2v) is 7.40. The summed E-state index contributed by atoms with van der Waals surface area (Å²) in [5.74, 6) is -2.19. The van der Waals surface area contributed by atoms with Crippen LogP contribution in [0.15, 0.2) is 42.6 Å². The zero-order valence-electron chi connectivity index (χ0n) is 17.6. The van der Waals surface area contributed by atoms with Crippen LogP contribution >= 0.6 is 0 Å². The lowest BCUT2D eigenvalue weighted by atomic mass is 10.1. The largest absolute Gasteiger partial charge is 0.383 e. The van der Waals surface area contributed by atoms with Crippen molar-refractivity contribution in [1.29, 1.82) is 0 Å². The Balaban J connectivity index is 1.81. The van der Waals surface area contributed by atoms with Crippen molar-refractivity contribution in [3.05, 3.63) is 65.4 Å². The molecule has 0 saturated carbocycles. The van der Waals surface area contributed by atoms with Gasteiger partial charge in [-0.15, -0.1) is 0 Å². The second-order valence-electron chi connectivity index (χ2n) is 7.40. The predicted octanol–water partition coefficient (Wildman–Crippen LogP) is 3.02. The molecule has 32 heavy (non-hydrogen) atoms. The molecule has 0 atom stereocenters. The summed E-state index contributed by atoms with van der Waals surface area (Å²) >= 11 is 0. The predicted molar refractivity (Wildman–Crippen MR) is 115 cm³/mol. The lowest BCUT2D eigenvalue weighted by Gasteiger charge is -2.31. The summed E-state index contributed by atoms with van der Waals surface area (Å²) in [6.07, 6.45) is 1.60. The van der Waals surface area contributed by atoms with E-state index in [1.165, 1.54) is 20.0 Å². The van der Waals surface area contributed by atoms with Gasteiger partial charge < -0.3 is 5.73 Å². The number of nitrogens with two attached hydrogens (primary N) is 1. The summed E-state index contributed by atoms with van der Waals surface area (Å²) in [5.41, 5.74) is 7.62. The summed E-state index contributed by atoms with van der Waals surface area (Å²) in [7, 11) is 3.16. The third-order valence-corrected chi connectivity index (χ3v) is 5.34. The number of fused-ring (bicyclic) bond motifs is 3. The number of nitrogen functional groups attached to an aromatic ring is 1. The van der Waals surface area contributed by atoms with Crippen molar-refractivity contribution in [1.82, 2.24) is 24.8 Å². The van der Waals surface area contributed by atoms with Gasteiger partial charge in [0, 0.05) is 43.6 Å². The highest BCUT2D eigenvalue weighted by atomic mass is 19.1. The quantitative estimate of drug-likeness (QED) is 0.496. The van der Waals surface area contributed by atoms with Crippen LogP contribution < -0.4 is 5.73 Å². The van der Waals surface area contributed by atoms with Crippen molar-refractivity contribution < 1.29 is 18.4 Å². The molecular formula is C22H20F2N6O2. The Kier molecular flexibility index (Phi) is 5.21. The molecule has 0 fully saturated rings.